The minimum atomic E-state index is -4.44. The van der Waals surface area contributed by atoms with Crippen LogP contribution >= 0.6 is 0 Å². The second kappa shape index (κ2) is 8.55. The molecule has 1 aliphatic heterocycles. The van der Waals surface area contributed by atoms with E-state index in [4.69, 9.17) is 0 Å². The maximum absolute atomic E-state index is 12.6. The summed E-state index contributed by atoms with van der Waals surface area (Å²) in [5.41, 5.74) is 0.100. The number of halogens is 3. The Bertz CT molecular complexity index is 873. The molecule has 0 spiro atoms. The molecule has 8 heteroatoms. The summed E-state index contributed by atoms with van der Waals surface area (Å²) in [4.78, 5) is 28.1. The normalized spacial score (nSPS) is 14.7. The molecule has 0 aromatic heterocycles. The molecule has 1 saturated heterocycles. The van der Waals surface area contributed by atoms with Crippen LogP contribution in [0.25, 0.3) is 0 Å². The molecule has 1 fully saturated rings. The van der Waals surface area contributed by atoms with Crippen LogP contribution in [0.5, 0.6) is 5.75 Å². The molecule has 1 N–H and O–H groups in total. The van der Waals surface area contributed by atoms with Crippen molar-refractivity contribution in [2.75, 3.05) is 26.2 Å². The minimum Gasteiger partial charge on any atom is -0.508 e. The number of carbonyl (C=O) groups excluding carboxylic acids is 2. The van der Waals surface area contributed by atoms with E-state index in [9.17, 15) is 27.9 Å². The number of hydrogen-bond donors (Lipinski definition) is 1. The van der Waals surface area contributed by atoms with Crippen molar-refractivity contribution in [3.63, 3.8) is 0 Å². The van der Waals surface area contributed by atoms with Gasteiger partial charge in [-0.2, -0.15) is 13.2 Å². The number of phenols is 1. The molecule has 2 aromatic rings. The lowest BCUT2D eigenvalue weighted by molar-refractivity contribution is -0.137. The average Bonchev–Trinajstić information content (AvgIpc) is 2.72. The molecule has 0 unspecified atom stereocenters. The highest BCUT2D eigenvalue weighted by Crippen LogP contribution is 2.29. The Hall–Kier alpha value is -3.03. The fourth-order valence-corrected chi connectivity index (χ4v) is 3.27. The summed E-state index contributed by atoms with van der Waals surface area (Å²) >= 11 is 0. The molecule has 1 heterocycles. The molecule has 29 heavy (non-hydrogen) atoms. The number of para-hydroxylation sites is 1. The van der Waals surface area contributed by atoms with Crippen molar-refractivity contribution in [3.8, 4) is 5.75 Å². The number of carbonyl (C=O) groups is 2. The van der Waals surface area contributed by atoms with Gasteiger partial charge in [0.25, 0.3) is 5.91 Å². The van der Waals surface area contributed by atoms with Crippen molar-refractivity contribution < 1.29 is 27.9 Å². The van der Waals surface area contributed by atoms with Gasteiger partial charge in [-0.05, 0) is 42.3 Å². The van der Waals surface area contributed by atoms with Crippen molar-refractivity contribution >= 4 is 11.8 Å². The average molecular weight is 406 g/mol. The molecular formula is C21H21F3N2O3. The molecule has 2 amide bonds. The highest BCUT2D eigenvalue weighted by Gasteiger charge is 2.31. The van der Waals surface area contributed by atoms with E-state index in [0.717, 1.165) is 12.1 Å². The van der Waals surface area contributed by atoms with Gasteiger partial charge >= 0.3 is 6.18 Å². The third-order valence-electron chi connectivity index (χ3n) is 4.98. The van der Waals surface area contributed by atoms with Gasteiger partial charge in [-0.3, -0.25) is 9.59 Å². The maximum Gasteiger partial charge on any atom is 0.416 e. The summed E-state index contributed by atoms with van der Waals surface area (Å²) in [6.07, 6.45) is -3.76. The Kier molecular flexibility index (Phi) is 6.10. The fourth-order valence-electron chi connectivity index (χ4n) is 3.27. The monoisotopic (exact) mass is 406 g/mol. The summed E-state index contributed by atoms with van der Waals surface area (Å²) in [5.74, 6) is -0.248. The van der Waals surface area contributed by atoms with Crippen molar-refractivity contribution in [2.24, 2.45) is 0 Å². The molecule has 3 rings (SSSR count). The molecule has 5 nitrogen and oxygen atoms in total. The van der Waals surface area contributed by atoms with Gasteiger partial charge in [-0.25, -0.2) is 0 Å². The summed E-state index contributed by atoms with van der Waals surface area (Å²) in [6, 6.07) is 11.0. The first-order valence-corrected chi connectivity index (χ1v) is 9.27. The van der Waals surface area contributed by atoms with Crippen LogP contribution in [0.4, 0.5) is 13.2 Å². The number of alkyl halides is 3. The Morgan fingerprint density at radius 1 is 0.897 bits per heavy atom. The van der Waals surface area contributed by atoms with Crippen molar-refractivity contribution in [1.82, 2.24) is 9.80 Å². The number of hydrogen-bond acceptors (Lipinski definition) is 3. The van der Waals surface area contributed by atoms with E-state index in [-0.39, 0.29) is 29.5 Å². The Morgan fingerprint density at radius 2 is 1.48 bits per heavy atom. The van der Waals surface area contributed by atoms with Crippen LogP contribution in [0, 0.1) is 0 Å². The van der Waals surface area contributed by atoms with Crippen LogP contribution in [-0.2, 0) is 17.4 Å². The predicted octanol–water partition coefficient (Wildman–Crippen LogP) is 3.33. The van der Waals surface area contributed by atoms with Gasteiger partial charge in [0.1, 0.15) is 5.75 Å². The number of rotatable bonds is 4. The Labute approximate surface area is 166 Å². The number of aromatic hydroxyl groups is 1. The predicted molar refractivity (Wildman–Crippen MR) is 100 cm³/mol. The van der Waals surface area contributed by atoms with Crippen LogP contribution in [0.2, 0.25) is 0 Å². The summed E-state index contributed by atoms with van der Waals surface area (Å²) in [7, 11) is 0. The quantitative estimate of drug-likeness (QED) is 0.847. The topological polar surface area (TPSA) is 60.9 Å². The molecule has 154 valence electrons. The van der Waals surface area contributed by atoms with Crippen LogP contribution in [0.1, 0.15) is 27.9 Å². The third-order valence-corrected chi connectivity index (χ3v) is 4.98. The highest BCUT2D eigenvalue weighted by atomic mass is 19.4. The van der Waals surface area contributed by atoms with Crippen LogP contribution in [-0.4, -0.2) is 52.9 Å². The smallest absolute Gasteiger partial charge is 0.416 e. The Balaban J connectivity index is 1.51. The van der Waals surface area contributed by atoms with E-state index in [1.807, 2.05) is 0 Å². The Morgan fingerprint density at radius 3 is 2.07 bits per heavy atom. The number of phenolic OH excluding ortho intramolecular Hbond substituents is 1. The lowest BCUT2D eigenvalue weighted by Gasteiger charge is -2.35. The summed E-state index contributed by atoms with van der Waals surface area (Å²) in [6.45, 7) is 1.38. The van der Waals surface area contributed by atoms with Crippen molar-refractivity contribution in [2.45, 2.75) is 19.0 Å². The number of benzene rings is 2. The second-order valence-electron chi connectivity index (χ2n) is 6.88. The van der Waals surface area contributed by atoms with Gasteiger partial charge in [0, 0.05) is 38.2 Å². The number of aryl methyl sites for hydroxylation is 1. The van der Waals surface area contributed by atoms with Gasteiger partial charge in [-0.1, -0.05) is 18.2 Å². The van der Waals surface area contributed by atoms with Gasteiger partial charge in [-0.15, -0.1) is 0 Å². The van der Waals surface area contributed by atoms with E-state index < -0.39 is 11.7 Å². The molecule has 0 aliphatic carbocycles. The minimum absolute atomic E-state index is 0.0603. The molecular weight excluding hydrogens is 385 g/mol. The van der Waals surface area contributed by atoms with Gasteiger partial charge in [0.2, 0.25) is 5.91 Å². The first kappa shape index (κ1) is 20.7. The van der Waals surface area contributed by atoms with Gasteiger partial charge < -0.3 is 14.9 Å². The zero-order valence-electron chi connectivity index (χ0n) is 15.7. The standard InChI is InChI=1S/C21H21F3N2O3/c22-21(23,24)17-8-5-16(6-9-17)20(29)26-13-11-25(12-14-26)19(28)10-7-15-3-1-2-4-18(15)27/h1-6,8-9,27H,7,10-14H2. The van der Waals surface area contributed by atoms with E-state index in [1.165, 1.54) is 17.0 Å². The molecule has 0 saturated carbocycles. The molecule has 2 aromatic carbocycles. The largest absolute Gasteiger partial charge is 0.508 e. The maximum atomic E-state index is 12.6. The highest BCUT2D eigenvalue weighted by molar-refractivity contribution is 5.94. The fraction of sp³-hybridized carbons (Fsp3) is 0.333. The zero-order chi connectivity index (χ0) is 21.0. The molecule has 1 aliphatic rings. The van der Waals surface area contributed by atoms with E-state index in [2.05, 4.69) is 0 Å². The lowest BCUT2D eigenvalue weighted by atomic mass is 10.1. The molecule has 0 bridgehead atoms. The van der Waals surface area contributed by atoms with E-state index in [0.29, 0.717) is 38.2 Å². The SMILES string of the molecule is O=C(CCc1ccccc1O)N1CCN(C(=O)c2ccc(C(F)(F)F)cc2)CC1. The van der Waals surface area contributed by atoms with Crippen LogP contribution < -0.4 is 0 Å². The van der Waals surface area contributed by atoms with Crippen molar-refractivity contribution in [1.29, 1.82) is 0 Å². The van der Waals surface area contributed by atoms with E-state index >= 15 is 0 Å². The van der Waals surface area contributed by atoms with Crippen LogP contribution in [0.3, 0.4) is 0 Å². The first-order chi connectivity index (χ1) is 13.8. The first-order valence-electron chi connectivity index (χ1n) is 9.27. The zero-order valence-corrected chi connectivity index (χ0v) is 15.7. The van der Waals surface area contributed by atoms with Crippen LogP contribution in [0.15, 0.2) is 48.5 Å². The second-order valence-corrected chi connectivity index (χ2v) is 6.88. The number of nitrogens with zero attached hydrogens (tertiary/aromatic N) is 2. The summed E-state index contributed by atoms with van der Waals surface area (Å²) < 4.78 is 37.9. The molecule has 0 atom stereocenters. The van der Waals surface area contributed by atoms with Gasteiger partial charge in [0.05, 0.1) is 5.56 Å². The van der Waals surface area contributed by atoms with E-state index in [1.54, 1.807) is 29.2 Å². The molecule has 0 radical (unpaired) electrons. The number of amides is 2. The lowest BCUT2D eigenvalue weighted by Crippen LogP contribution is -2.50. The van der Waals surface area contributed by atoms with Crippen molar-refractivity contribution in [3.05, 3.63) is 65.2 Å². The number of piperazine rings is 1. The third kappa shape index (κ3) is 5.07. The summed E-state index contributed by atoms with van der Waals surface area (Å²) in [5, 5.41) is 9.77. The van der Waals surface area contributed by atoms with Gasteiger partial charge in [0.15, 0.2) is 0 Å².